The van der Waals surface area contributed by atoms with Gasteiger partial charge in [-0.3, -0.25) is 0 Å². The lowest BCUT2D eigenvalue weighted by molar-refractivity contribution is 0.0644. The average Bonchev–Trinajstić information content (AvgIpc) is 2.37. The van der Waals surface area contributed by atoms with E-state index in [1.807, 2.05) is 0 Å². The fraction of sp³-hybridized carbons (Fsp3) is 0.600. The topological polar surface area (TPSA) is 24.5 Å². The van der Waals surface area contributed by atoms with E-state index in [1.165, 1.54) is 5.56 Å². The van der Waals surface area contributed by atoms with Crippen LogP contribution in [-0.4, -0.2) is 31.8 Å². The highest BCUT2D eigenvalue weighted by Crippen LogP contribution is 2.33. The standard InChI is InChI=1S/C15H23ClN2O/c1-4-17-10-12-5-6-14(13(16)9-12)18-7-8-19-11-15(18,2)3/h5-6,9,17H,4,7-8,10-11H2,1-3H3. The molecular formula is C15H23ClN2O. The summed E-state index contributed by atoms with van der Waals surface area (Å²) >= 11 is 6.46. The third-order valence-electron chi connectivity index (χ3n) is 3.53. The Morgan fingerprint density at radius 3 is 2.84 bits per heavy atom. The third-order valence-corrected chi connectivity index (χ3v) is 3.83. The summed E-state index contributed by atoms with van der Waals surface area (Å²) in [5.41, 5.74) is 2.32. The first-order chi connectivity index (χ1) is 9.04. The van der Waals surface area contributed by atoms with Crippen molar-refractivity contribution >= 4 is 17.3 Å². The summed E-state index contributed by atoms with van der Waals surface area (Å²) in [4.78, 5) is 2.34. The number of ether oxygens (including phenoxy) is 1. The van der Waals surface area contributed by atoms with Crippen LogP contribution in [-0.2, 0) is 11.3 Å². The lowest BCUT2D eigenvalue weighted by Crippen LogP contribution is -2.53. The number of halogens is 1. The van der Waals surface area contributed by atoms with Crippen LogP contribution in [0.4, 0.5) is 5.69 Å². The quantitative estimate of drug-likeness (QED) is 0.919. The fourth-order valence-corrected chi connectivity index (χ4v) is 2.76. The molecule has 1 fully saturated rings. The zero-order valence-corrected chi connectivity index (χ0v) is 12.8. The summed E-state index contributed by atoms with van der Waals surface area (Å²) in [5.74, 6) is 0. The molecule has 4 heteroatoms. The third kappa shape index (κ3) is 3.41. The summed E-state index contributed by atoms with van der Waals surface area (Å²) in [5, 5.41) is 4.14. The molecule has 1 heterocycles. The molecule has 3 nitrogen and oxygen atoms in total. The van der Waals surface area contributed by atoms with Crippen LogP contribution >= 0.6 is 11.6 Å². The maximum absolute atomic E-state index is 6.46. The van der Waals surface area contributed by atoms with Gasteiger partial charge in [0.2, 0.25) is 0 Å². The summed E-state index contributed by atoms with van der Waals surface area (Å²) in [6.45, 7) is 10.7. The number of hydrogen-bond acceptors (Lipinski definition) is 3. The van der Waals surface area contributed by atoms with E-state index < -0.39 is 0 Å². The van der Waals surface area contributed by atoms with E-state index in [9.17, 15) is 0 Å². The molecule has 0 radical (unpaired) electrons. The van der Waals surface area contributed by atoms with Gasteiger partial charge in [0.15, 0.2) is 0 Å². The Morgan fingerprint density at radius 2 is 2.21 bits per heavy atom. The van der Waals surface area contributed by atoms with Crippen molar-refractivity contribution in [1.29, 1.82) is 0 Å². The number of rotatable bonds is 4. The molecule has 0 atom stereocenters. The van der Waals surface area contributed by atoms with Gasteiger partial charge in [-0.1, -0.05) is 24.6 Å². The molecule has 1 saturated heterocycles. The maximum Gasteiger partial charge on any atom is 0.0694 e. The molecular weight excluding hydrogens is 260 g/mol. The van der Waals surface area contributed by atoms with Crippen LogP contribution in [0.1, 0.15) is 26.3 Å². The maximum atomic E-state index is 6.46. The number of hydrogen-bond donors (Lipinski definition) is 1. The molecule has 0 amide bonds. The van der Waals surface area contributed by atoms with Crippen LogP contribution in [0.15, 0.2) is 18.2 Å². The van der Waals surface area contributed by atoms with E-state index in [-0.39, 0.29) is 5.54 Å². The number of morpholine rings is 1. The lowest BCUT2D eigenvalue weighted by atomic mass is 10.0. The van der Waals surface area contributed by atoms with Crippen molar-refractivity contribution in [3.63, 3.8) is 0 Å². The van der Waals surface area contributed by atoms with E-state index in [0.717, 1.165) is 43.6 Å². The summed E-state index contributed by atoms with van der Waals surface area (Å²) in [6, 6.07) is 6.34. The largest absolute Gasteiger partial charge is 0.377 e. The van der Waals surface area contributed by atoms with Gasteiger partial charge in [0, 0.05) is 13.1 Å². The van der Waals surface area contributed by atoms with Gasteiger partial charge in [-0.2, -0.15) is 0 Å². The van der Waals surface area contributed by atoms with Crippen molar-refractivity contribution in [2.75, 3.05) is 31.2 Å². The highest BCUT2D eigenvalue weighted by atomic mass is 35.5. The molecule has 0 saturated carbocycles. The van der Waals surface area contributed by atoms with Crippen LogP contribution in [0.5, 0.6) is 0 Å². The predicted octanol–water partition coefficient (Wildman–Crippen LogP) is 3.06. The first-order valence-corrected chi connectivity index (χ1v) is 7.27. The Morgan fingerprint density at radius 1 is 1.42 bits per heavy atom. The Bertz CT molecular complexity index is 434. The Balaban J connectivity index is 2.20. The van der Waals surface area contributed by atoms with Crippen LogP contribution in [0.25, 0.3) is 0 Å². The average molecular weight is 283 g/mol. The molecule has 0 aromatic heterocycles. The second-order valence-electron chi connectivity index (χ2n) is 5.58. The number of nitrogens with zero attached hydrogens (tertiary/aromatic N) is 1. The molecule has 0 spiro atoms. The normalized spacial score (nSPS) is 18.6. The van der Waals surface area contributed by atoms with Crippen molar-refractivity contribution in [3.05, 3.63) is 28.8 Å². The highest BCUT2D eigenvalue weighted by molar-refractivity contribution is 6.33. The monoisotopic (exact) mass is 282 g/mol. The van der Waals surface area contributed by atoms with Gasteiger partial charge < -0.3 is 15.0 Å². The zero-order chi connectivity index (χ0) is 13.9. The fourth-order valence-electron chi connectivity index (χ4n) is 2.45. The van der Waals surface area contributed by atoms with Crippen LogP contribution < -0.4 is 10.2 Å². The van der Waals surface area contributed by atoms with E-state index in [4.69, 9.17) is 16.3 Å². The molecule has 1 N–H and O–H groups in total. The zero-order valence-electron chi connectivity index (χ0n) is 12.0. The van der Waals surface area contributed by atoms with Gasteiger partial charge in [-0.15, -0.1) is 0 Å². The van der Waals surface area contributed by atoms with E-state index >= 15 is 0 Å². The first-order valence-electron chi connectivity index (χ1n) is 6.89. The van der Waals surface area contributed by atoms with Crippen molar-refractivity contribution in [2.24, 2.45) is 0 Å². The van der Waals surface area contributed by atoms with Gasteiger partial charge in [-0.05, 0) is 38.1 Å². The van der Waals surface area contributed by atoms with Crippen molar-refractivity contribution < 1.29 is 4.74 Å². The predicted molar refractivity (Wildman–Crippen MR) is 81.1 cm³/mol. The Hall–Kier alpha value is -0.770. The summed E-state index contributed by atoms with van der Waals surface area (Å²) in [7, 11) is 0. The molecule has 0 aliphatic carbocycles. The van der Waals surface area contributed by atoms with Crippen LogP contribution in [0.3, 0.4) is 0 Å². The Labute approximate surface area is 120 Å². The van der Waals surface area contributed by atoms with E-state index in [0.29, 0.717) is 0 Å². The minimum absolute atomic E-state index is 0.00885. The lowest BCUT2D eigenvalue weighted by Gasteiger charge is -2.44. The number of benzene rings is 1. The summed E-state index contributed by atoms with van der Waals surface area (Å²) in [6.07, 6.45) is 0. The molecule has 0 bridgehead atoms. The van der Waals surface area contributed by atoms with Crippen LogP contribution in [0, 0.1) is 0 Å². The second kappa shape index (κ2) is 6.12. The second-order valence-corrected chi connectivity index (χ2v) is 5.99. The SMILES string of the molecule is CCNCc1ccc(N2CCOCC2(C)C)c(Cl)c1. The van der Waals surface area contributed by atoms with Gasteiger partial charge in [0.25, 0.3) is 0 Å². The smallest absolute Gasteiger partial charge is 0.0694 e. The van der Waals surface area contributed by atoms with Crippen molar-refractivity contribution in [1.82, 2.24) is 5.32 Å². The molecule has 106 valence electrons. The Kier molecular flexibility index (Phi) is 4.71. The number of anilines is 1. The molecule has 19 heavy (non-hydrogen) atoms. The molecule has 1 aromatic carbocycles. The minimum Gasteiger partial charge on any atom is -0.377 e. The highest BCUT2D eigenvalue weighted by Gasteiger charge is 2.31. The molecule has 2 rings (SSSR count). The van der Waals surface area contributed by atoms with E-state index in [2.05, 4.69) is 49.2 Å². The minimum atomic E-state index is -0.00885. The molecule has 0 unspecified atom stereocenters. The van der Waals surface area contributed by atoms with Gasteiger partial charge in [0.05, 0.1) is 29.5 Å². The number of nitrogens with one attached hydrogen (secondary N) is 1. The summed E-state index contributed by atoms with van der Waals surface area (Å²) < 4.78 is 5.56. The van der Waals surface area contributed by atoms with Gasteiger partial charge >= 0.3 is 0 Å². The molecule has 1 aromatic rings. The van der Waals surface area contributed by atoms with Crippen LogP contribution in [0.2, 0.25) is 5.02 Å². The first kappa shape index (κ1) is 14.6. The molecule has 1 aliphatic rings. The van der Waals surface area contributed by atoms with Crippen molar-refractivity contribution in [2.45, 2.75) is 32.9 Å². The van der Waals surface area contributed by atoms with Gasteiger partial charge in [-0.25, -0.2) is 0 Å². The molecule has 1 aliphatic heterocycles. The van der Waals surface area contributed by atoms with Gasteiger partial charge in [0.1, 0.15) is 0 Å². The van der Waals surface area contributed by atoms with E-state index in [1.54, 1.807) is 0 Å². The van der Waals surface area contributed by atoms with Crippen molar-refractivity contribution in [3.8, 4) is 0 Å².